The molecule has 0 saturated heterocycles. The largest absolute Gasteiger partial charge is 0.461 e. The van der Waals surface area contributed by atoms with Gasteiger partial charge in [0.25, 0.3) is 0 Å². The van der Waals surface area contributed by atoms with E-state index in [1.54, 1.807) is 0 Å². The predicted molar refractivity (Wildman–Crippen MR) is 68.1 cm³/mol. The number of rotatable bonds is 4. The fourth-order valence-electron chi connectivity index (χ4n) is 2.60. The van der Waals surface area contributed by atoms with Crippen LogP contribution in [0.5, 0.6) is 0 Å². The first-order valence-corrected chi connectivity index (χ1v) is 6.52. The SMILES string of the molecule is CCCCOC1CCc2oc3ccccc3c21. The van der Waals surface area contributed by atoms with E-state index >= 15 is 0 Å². The molecule has 1 aliphatic carbocycles. The molecule has 0 radical (unpaired) electrons. The lowest BCUT2D eigenvalue weighted by molar-refractivity contribution is 0.0529. The Hall–Kier alpha value is -1.28. The molecule has 1 unspecified atom stereocenters. The second-order valence-corrected chi connectivity index (χ2v) is 4.69. The van der Waals surface area contributed by atoms with Crippen LogP contribution in [0, 0.1) is 0 Å². The van der Waals surface area contributed by atoms with Crippen molar-refractivity contribution in [2.45, 2.75) is 38.7 Å². The van der Waals surface area contributed by atoms with E-state index < -0.39 is 0 Å². The molecule has 2 aromatic rings. The summed E-state index contributed by atoms with van der Waals surface area (Å²) in [5.74, 6) is 1.13. The van der Waals surface area contributed by atoms with Gasteiger partial charge in [-0.2, -0.15) is 0 Å². The van der Waals surface area contributed by atoms with Gasteiger partial charge >= 0.3 is 0 Å². The van der Waals surface area contributed by atoms with Crippen LogP contribution >= 0.6 is 0 Å². The van der Waals surface area contributed by atoms with E-state index in [0.29, 0.717) is 0 Å². The number of para-hydroxylation sites is 1. The zero-order valence-corrected chi connectivity index (χ0v) is 10.2. The summed E-state index contributed by atoms with van der Waals surface area (Å²) in [5.41, 5.74) is 2.30. The summed E-state index contributed by atoms with van der Waals surface area (Å²) < 4.78 is 11.8. The summed E-state index contributed by atoms with van der Waals surface area (Å²) >= 11 is 0. The maximum absolute atomic E-state index is 5.98. The van der Waals surface area contributed by atoms with Crippen LogP contribution in [0.25, 0.3) is 11.0 Å². The lowest BCUT2D eigenvalue weighted by atomic mass is 10.1. The van der Waals surface area contributed by atoms with Gasteiger partial charge in [0.1, 0.15) is 11.3 Å². The van der Waals surface area contributed by atoms with Crippen molar-refractivity contribution in [1.82, 2.24) is 0 Å². The van der Waals surface area contributed by atoms with Crippen molar-refractivity contribution in [2.75, 3.05) is 6.61 Å². The molecule has 0 fully saturated rings. The van der Waals surface area contributed by atoms with Crippen LogP contribution in [-0.2, 0) is 11.2 Å². The van der Waals surface area contributed by atoms with Crippen molar-refractivity contribution >= 4 is 11.0 Å². The van der Waals surface area contributed by atoms with E-state index in [-0.39, 0.29) is 6.10 Å². The highest BCUT2D eigenvalue weighted by Gasteiger charge is 2.29. The van der Waals surface area contributed by atoms with Gasteiger partial charge in [-0.25, -0.2) is 0 Å². The highest BCUT2D eigenvalue weighted by molar-refractivity contribution is 5.83. The molecular formula is C15H18O2. The zero-order chi connectivity index (χ0) is 11.7. The summed E-state index contributed by atoms with van der Waals surface area (Å²) in [7, 11) is 0. The molecule has 1 atom stereocenters. The Morgan fingerprint density at radius 2 is 2.24 bits per heavy atom. The Morgan fingerprint density at radius 1 is 1.35 bits per heavy atom. The van der Waals surface area contributed by atoms with E-state index in [4.69, 9.17) is 9.15 Å². The number of hydrogen-bond donors (Lipinski definition) is 0. The standard InChI is InChI=1S/C15H18O2/c1-2-3-10-16-13-8-9-14-15(13)11-6-4-5-7-12(11)17-14/h4-7,13H,2-3,8-10H2,1H3. The molecule has 0 N–H and O–H groups in total. The van der Waals surface area contributed by atoms with Gasteiger partial charge in [0, 0.05) is 24.0 Å². The van der Waals surface area contributed by atoms with E-state index in [2.05, 4.69) is 19.1 Å². The van der Waals surface area contributed by atoms with Gasteiger partial charge < -0.3 is 9.15 Å². The monoisotopic (exact) mass is 230 g/mol. The fourth-order valence-corrected chi connectivity index (χ4v) is 2.60. The molecule has 1 aromatic carbocycles. The van der Waals surface area contributed by atoms with Gasteiger partial charge in [0.15, 0.2) is 0 Å². The third-order valence-corrected chi connectivity index (χ3v) is 3.48. The highest BCUT2D eigenvalue weighted by Crippen LogP contribution is 2.41. The summed E-state index contributed by atoms with van der Waals surface area (Å²) in [5, 5.41) is 1.24. The van der Waals surface area contributed by atoms with Gasteiger partial charge in [-0.05, 0) is 18.9 Å². The average molecular weight is 230 g/mol. The summed E-state index contributed by atoms with van der Waals surface area (Å²) in [6.07, 6.45) is 4.66. The van der Waals surface area contributed by atoms with Crippen LogP contribution in [0.2, 0.25) is 0 Å². The van der Waals surface area contributed by atoms with Crippen molar-refractivity contribution in [1.29, 1.82) is 0 Å². The smallest absolute Gasteiger partial charge is 0.134 e. The minimum absolute atomic E-state index is 0.250. The molecule has 0 saturated carbocycles. The number of benzene rings is 1. The molecule has 0 aliphatic heterocycles. The van der Waals surface area contributed by atoms with Crippen LogP contribution in [-0.4, -0.2) is 6.61 Å². The Bertz CT molecular complexity index is 513. The second-order valence-electron chi connectivity index (χ2n) is 4.69. The van der Waals surface area contributed by atoms with Crippen molar-refractivity contribution in [3.63, 3.8) is 0 Å². The second kappa shape index (κ2) is 4.53. The number of hydrogen-bond acceptors (Lipinski definition) is 2. The number of ether oxygens (including phenoxy) is 1. The van der Waals surface area contributed by atoms with Crippen molar-refractivity contribution < 1.29 is 9.15 Å². The molecule has 0 amide bonds. The Balaban J connectivity index is 1.89. The number of furan rings is 1. The first-order valence-electron chi connectivity index (χ1n) is 6.52. The number of fused-ring (bicyclic) bond motifs is 3. The molecule has 90 valence electrons. The molecule has 3 rings (SSSR count). The molecular weight excluding hydrogens is 212 g/mol. The third kappa shape index (κ3) is 1.87. The van der Waals surface area contributed by atoms with Gasteiger partial charge in [0.2, 0.25) is 0 Å². The number of unbranched alkanes of at least 4 members (excludes halogenated alkanes) is 1. The average Bonchev–Trinajstić information content (AvgIpc) is 2.89. The minimum atomic E-state index is 0.250. The molecule has 2 heteroatoms. The Labute approximate surface area is 102 Å². The molecule has 0 spiro atoms. The lowest BCUT2D eigenvalue weighted by Crippen LogP contribution is -2.01. The predicted octanol–water partition coefficient (Wildman–Crippen LogP) is 4.24. The molecule has 1 aliphatic rings. The van der Waals surface area contributed by atoms with E-state index in [0.717, 1.165) is 37.2 Å². The zero-order valence-electron chi connectivity index (χ0n) is 10.2. The highest BCUT2D eigenvalue weighted by atomic mass is 16.5. The van der Waals surface area contributed by atoms with Crippen LogP contribution in [0.15, 0.2) is 28.7 Å². The van der Waals surface area contributed by atoms with Crippen LogP contribution in [0.1, 0.15) is 43.6 Å². The normalized spacial score (nSPS) is 18.8. The van der Waals surface area contributed by atoms with Crippen molar-refractivity contribution in [3.8, 4) is 0 Å². The maximum atomic E-state index is 5.98. The van der Waals surface area contributed by atoms with Gasteiger partial charge in [0.05, 0.1) is 6.10 Å². The lowest BCUT2D eigenvalue weighted by Gasteiger charge is -2.11. The number of aryl methyl sites for hydroxylation is 1. The first-order chi connectivity index (χ1) is 8.40. The molecule has 17 heavy (non-hydrogen) atoms. The maximum Gasteiger partial charge on any atom is 0.134 e. The van der Waals surface area contributed by atoms with Crippen LogP contribution in [0.4, 0.5) is 0 Å². The Morgan fingerprint density at radius 3 is 3.12 bits per heavy atom. The van der Waals surface area contributed by atoms with Crippen LogP contribution in [0.3, 0.4) is 0 Å². The third-order valence-electron chi connectivity index (χ3n) is 3.48. The quantitative estimate of drug-likeness (QED) is 0.733. The van der Waals surface area contributed by atoms with Crippen molar-refractivity contribution in [3.05, 3.63) is 35.6 Å². The molecule has 2 nitrogen and oxygen atoms in total. The molecule has 1 heterocycles. The van der Waals surface area contributed by atoms with Crippen LogP contribution < -0.4 is 0 Å². The van der Waals surface area contributed by atoms with Gasteiger partial charge in [-0.1, -0.05) is 31.5 Å². The molecule has 0 bridgehead atoms. The summed E-state index contributed by atoms with van der Waals surface area (Å²) in [4.78, 5) is 0. The molecule has 1 aromatic heterocycles. The summed E-state index contributed by atoms with van der Waals surface area (Å²) in [6.45, 7) is 3.05. The minimum Gasteiger partial charge on any atom is -0.461 e. The fraction of sp³-hybridized carbons (Fsp3) is 0.467. The first kappa shape index (κ1) is 10.8. The van der Waals surface area contributed by atoms with E-state index in [1.165, 1.54) is 17.4 Å². The van der Waals surface area contributed by atoms with Gasteiger partial charge in [-0.3, -0.25) is 0 Å². The van der Waals surface area contributed by atoms with E-state index in [9.17, 15) is 0 Å². The Kier molecular flexibility index (Phi) is 2.89. The topological polar surface area (TPSA) is 22.4 Å². The summed E-state index contributed by atoms with van der Waals surface area (Å²) in [6, 6.07) is 8.27. The van der Waals surface area contributed by atoms with E-state index in [1.807, 2.05) is 12.1 Å². The van der Waals surface area contributed by atoms with Gasteiger partial charge in [-0.15, -0.1) is 0 Å². The van der Waals surface area contributed by atoms with Crippen molar-refractivity contribution in [2.24, 2.45) is 0 Å².